The largest absolute Gasteiger partial charge is 1.00 e. The number of hydrogen-bond donors (Lipinski definition) is 3. The molecule has 0 aliphatic rings. The van der Waals surface area contributed by atoms with Crippen molar-refractivity contribution >= 4 is 27.9 Å². The van der Waals surface area contributed by atoms with E-state index in [9.17, 15) is 23.1 Å². The Labute approximate surface area is 159 Å². The minimum Gasteiger partial charge on any atom is -0.543 e. The number of anilines is 1. The molecule has 10 nitrogen and oxygen atoms in total. The van der Waals surface area contributed by atoms with Crippen LogP contribution in [-0.2, 0) is 15.0 Å². The van der Waals surface area contributed by atoms with Crippen LogP contribution in [-0.4, -0.2) is 35.8 Å². The van der Waals surface area contributed by atoms with Crippen molar-refractivity contribution in [3.63, 3.8) is 0 Å². The number of aromatic carboxylic acids is 1. The first-order chi connectivity index (χ1) is 10.7. The first-order valence-electron chi connectivity index (χ1n) is 6.16. The van der Waals surface area contributed by atoms with E-state index in [1.807, 2.05) is 0 Å². The van der Waals surface area contributed by atoms with E-state index in [1.54, 1.807) is 0 Å². The summed E-state index contributed by atoms with van der Waals surface area (Å²) >= 11 is 0. The van der Waals surface area contributed by atoms with Gasteiger partial charge in [-0.3, -0.25) is 4.79 Å². The molecule has 0 aliphatic heterocycles. The number of amides is 1. The van der Waals surface area contributed by atoms with E-state index in [-0.39, 0.29) is 47.5 Å². The fraction of sp³-hybridized carbons (Fsp3) is 0.0833. The molecule has 2 aromatic heterocycles. The van der Waals surface area contributed by atoms with Crippen LogP contribution in [0.5, 0.6) is 0 Å². The monoisotopic (exact) mass is 361 g/mol. The summed E-state index contributed by atoms with van der Waals surface area (Å²) in [5, 5.41) is 18.6. The van der Waals surface area contributed by atoms with Crippen LogP contribution in [0.15, 0.2) is 30.6 Å². The molecule has 1 amide bonds. The molecule has 0 saturated heterocycles. The van der Waals surface area contributed by atoms with Crippen molar-refractivity contribution in [2.45, 2.75) is 0 Å². The van der Waals surface area contributed by atoms with Crippen molar-refractivity contribution in [2.24, 2.45) is 10.9 Å². The maximum absolute atomic E-state index is 11.4. The van der Waals surface area contributed by atoms with E-state index in [1.165, 1.54) is 24.4 Å². The molecule has 2 aromatic rings. The van der Waals surface area contributed by atoms with Gasteiger partial charge in [0.15, 0.2) is 0 Å². The van der Waals surface area contributed by atoms with Crippen molar-refractivity contribution < 1.29 is 52.7 Å². The van der Waals surface area contributed by atoms with Crippen molar-refractivity contribution in [3.05, 3.63) is 36.3 Å². The maximum atomic E-state index is 11.4. The van der Waals surface area contributed by atoms with Crippen LogP contribution in [0, 0.1) is 0 Å². The summed E-state index contributed by atoms with van der Waals surface area (Å²) in [4.78, 5) is 26.3. The van der Waals surface area contributed by atoms with Gasteiger partial charge >= 0.3 is 39.8 Å². The number of nitrogens with two attached hydrogens (primary N) is 2. The van der Waals surface area contributed by atoms with Gasteiger partial charge in [0.25, 0.3) is 0 Å². The third-order valence-corrected chi connectivity index (χ3v) is 3.70. The summed E-state index contributed by atoms with van der Waals surface area (Å²) in [6.07, 6.45) is 2.27. The third kappa shape index (κ3) is 4.41. The quantitative estimate of drug-likeness (QED) is 0.446. The van der Waals surface area contributed by atoms with Gasteiger partial charge in [-0.1, -0.05) is 0 Å². The number of hydrogen-bond acceptors (Lipinski definition) is 7. The van der Waals surface area contributed by atoms with Gasteiger partial charge in [0, 0.05) is 23.5 Å². The zero-order valence-corrected chi connectivity index (χ0v) is 15.4. The van der Waals surface area contributed by atoms with Gasteiger partial charge in [0.05, 0.1) is 18.2 Å². The standard InChI is InChI=1S/C12H13N5O5S.Na/c13-5-10(18)16-9-2-1-7(6-15-9)8-3-4-17(23(14,21)22)11(8)12(19)20;/h1-4,6H,5,13H2,(H,19,20)(H2,14,21,22)(H,15,16,18);/q;+1/p-1. The van der Waals surface area contributed by atoms with Crippen LogP contribution in [0.2, 0.25) is 0 Å². The van der Waals surface area contributed by atoms with Crippen molar-refractivity contribution in [2.75, 3.05) is 11.9 Å². The Hall–Kier alpha value is -1.76. The maximum Gasteiger partial charge on any atom is 1.00 e. The van der Waals surface area contributed by atoms with Gasteiger partial charge in [-0.15, -0.1) is 0 Å². The molecular weight excluding hydrogens is 349 g/mol. The predicted octanol–water partition coefficient (Wildman–Crippen LogP) is -5.13. The summed E-state index contributed by atoms with van der Waals surface area (Å²) < 4.78 is 23.2. The first kappa shape index (κ1) is 20.3. The fourth-order valence-electron chi connectivity index (χ4n) is 1.88. The topological polar surface area (TPSA) is 173 Å². The van der Waals surface area contributed by atoms with Crippen LogP contribution < -0.4 is 50.9 Å². The second kappa shape index (κ2) is 7.88. The van der Waals surface area contributed by atoms with Crippen LogP contribution >= 0.6 is 0 Å². The molecule has 0 unspecified atom stereocenters. The minimum atomic E-state index is -4.29. The molecule has 0 fully saturated rings. The molecule has 24 heavy (non-hydrogen) atoms. The number of carbonyl (C=O) groups is 2. The number of carboxylic acids is 1. The Bertz CT molecular complexity index is 862. The number of nitrogens with one attached hydrogen (secondary N) is 1. The first-order valence-corrected chi connectivity index (χ1v) is 7.66. The number of pyridine rings is 1. The molecule has 0 atom stereocenters. The molecule has 0 spiro atoms. The molecule has 0 aliphatic carbocycles. The molecule has 2 rings (SSSR count). The summed E-state index contributed by atoms with van der Waals surface area (Å²) in [7, 11) is -4.29. The minimum absolute atomic E-state index is 0. The Morgan fingerprint density at radius 1 is 1.29 bits per heavy atom. The summed E-state index contributed by atoms with van der Waals surface area (Å²) in [5.41, 5.74) is 4.90. The van der Waals surface area contributed by atoms with Gasteiger partial charge in [-0.05, 0) is 18.2 Å². The molecule has 0 saturated carbocycles. The van der Waals surface area contributed by atoms with E-state index >= 15 is 0 Å². The molecule has 122 valence electrons. The van der Waals surface area contributed by atoms with Crippen molar-refractivity contribution in [3.8, 4) is 11.1 Å². The number of nitrogens with zero attached hydrogens (tertiary/aromatic N) is 2. The Kier molecular flexibility index (Phi) is 6.66. The Balaban J connectivity index is 0.00000288. The van der Waals surface area contributed by atoms with E-state index in [4.69, 9.17) is 10.9 Å². The third-order valence-electron chi connectivity index (χ3n) is 2.85. The summed E-state index contributed by atoms with van der Waals surface area (Å²) in [6.45, 7) is -0.213. The zero-order chi connectivity index (χ0) is 17.2. The van der Waals surface area contributed by atoms with Gasteiger partial charge in [0.2, 0.25) is 5.91 Å². The Morgan fingerprint density at radius 2 is 1.96 bits per heavy atom. The van der Waals surface area contributed by atoms with Crippen molar-refractivity contribution in [1.29, 1.82) is 0 Å². The number of carboxylic acid groups (broad SMARTS) is 1. The number of aromatic nitrogens is 2. The smallest absolute Gasteiger partial charge is 0.543 e. The van der Waals surface area contributed by atoms with Gasteiger partial charge < -0.3 is 21.0 Å². The van der Waals surface area contributed by atoms with E-state index in [0.29, 0.717) is 9.54 Å². The molecule has 2 heterocycles. The number of carbonyl (C=O) groups excluding carboxylic acids is 2. The van der Waals surface area contributed by atoms with Gasteiger partial charge in [-0.25, -0.2) is 14.1 Å². The normalized spacial score (nSPS) is 10.8. The van der Waals surface area contributed by atoms with Crippen LogP contribution in [0.1, 0.15) is 10.5 Å². The van der Waals surface area contributed by atoms with E-state index in [0.717, 1.165) is 6.20 Å². The second-order valence-electron chi connectivity index (χ2n) is 4.39. The molecule has 0 bridgehead atoms. The van der Waals surface area contributed by atoms with Crippen LogP contribution in [0.3, 0.4) is 0 Å². The van der Waals surface area contributed by atoms with Gasteiger partial charge in [0.1, 0.15) is 5.82 Å². The van der Waals surface area contributed by atoms with E-state index < -0.39 is 27.8 Å². The summed E-state index contributed by atoms with van der Waals surface area (Å²) in [5.74, 6) is -1.94. The molecule has 5 N–H and O–H groups in total. The van der Waals surface area contributed by atoms with Crippen LogP contribution in [0.4, 0.5) is 5.82 Å². The Morgan fingerprint density at radius 3 is 2.42 bits per heavy atom. The van der Waals surface area contributed by atoms with Gasteiger partial charge in [-0.2, -0.15) is 8.42 Å². The van der Waals surface area contributed by atoms with Crippen LogP contribution in [0.25, 0.3) is 11.1 Å². The summed E-state index contributed by atoms with van der Waals surface area (Å²) in [6, 6.07) is 4.12. The molecule has 12 heteroatoms. The fourth-order valence-corrected chi connectivity index (χ4v) is 2.54. The molecule has 0 aromatic carbocycles. The second-order valence-corrected chi connectivity index (χ2v) is 5.81. The average molecular weight is 361 g/mol. The molecule has 0 radical (unpaired) electrons. The zero-order valence-electron chi connectivity index (χ0n) is 12.6. The van der Waals surface area contributed by atoms with E-state index in [2.05, 4.69) is 10.3 Å². The SMILES string of the molecule is NCC(=O)Nc1ccc(-c2ccn(S(N)(=O)=O)c2C(=O)[O-])cn1.[Na+]. The number of rotatable bonds is 5. The average Bonchev–Trinajstić information content (AvgIpc) is 2.93. The molecular formula is C12H12N5NaO5S. The van der Waals surface area contributed by atoms with Crippen molar-refractivity contribution in [1.82, 2.24) is 8.96 Å². The predicted molar refractivity (Wildman–Crippen MR) is 78.2 cm³/mol.